The van der Waals surface area contributed by atoms with E-state index in [1.165, 1.54) is 38.5 Å². The van der Waals surface area contributed by atoms with Crippen molar-refractivity contribution in [1.29, 1.82) is 0 Å². The third-order valence-corrected chi connectivity index (χ3v) is 6.28. The third-order valence-electron chi connectivity index (χ3n) is 6.28. The highest BCUT2D eigenvalue weighted by atomic mass is 16.7. The van der Waals surface area contributed by atoms with Gasteiger partial charge < -0.3 is 15.2 Å². The zero-order chi connectivity index (χ0) is 12.9. The van der Waals surface area contributed by atoms with Gasteiger partial charge in [0, 0.05) is 11.8 Å². The highest BCUT2D eigenvalue weighted by Crippen LogP contribution is 2.65. The molecule has 0 atom stereocenters. The van der Waals surface area contributed by atoms with Crippen molar-refractivity contribution in [3.05, 3.63) is 0 Å². The van der Waals surface area contributed by atoms with Gasteiger partial charge in [-0.3, -0.25) is 0 Å². The van der Waals surface area contributed by atoms with Crippen LogP contribution in [0.1, 0.15) is 51.4 Å². The number of ether oxygens (including phenoxy) is 2. The van der Waals surface area contributed by atoms with Crippen molar-refractivity contribution < 1.29 is 9.47 Å². The first-order chi connectivity index (χ1) is 9.25. The molecule has 19 heavy (non-hydrogen) atoms. The lowest BCUT2D eigenvalue weighted by Gasteiger charge is -2.63. The summed E-state index contributed by atoms with van der Waals surface area (Å²) < 4.78 is 12.6. The van der Waals surface area contributed by atoms with Crippen LogP contribution < -0.4 is 5.73 Å². The molecule has 0 amide bonds. The quantitative estimate of drug-likeness (QED) is 0.853. The molecular formula is C16H27NO2. The molecule has 5 rings (SSSR count). The van der Waals surface area contributed by atoms with Gasteiger partial charge in [-0.25, -0.2) is 0 Å². The van der Waals surface area contributed by atoms with Crippen LogP contribution in [0.25, 0.3) is 0 Å². The maximum Gasteiger partial charge on any atom is 0.175 e. The largest absolute Gasteiger partial charge is 0.349 e. The van der Waals surface area contributed by atoms with E-state index in [1.54, 1.807) is 0 Å². The monoisotopic (exact) mass is 265 g/mol. The van der Waals surface area contributed by atoms with Gasteiger partial charge >= 0.3 is 0 Å². The predicted octanol–water partition coefficient (Wildman–Crippen LogP) is 2.68. The lowest BCUT2D eigenvalue weighted by atomic mass is 9.47. The normalized spacial score (nSPS) is 47.5. The summed E-state index contributed by atoms with van der Waals surface area (Å²) in [4.78, 5) is 0. The van der Waals surface area contributed by atoms with Crippen LogP contribution in [0.2, 0.25) is 0 Å². The average Bonchev–Trinajstić information content (AvgIpc) is 2.38. The molecule has 1 aliphatic heterocycles. The van der Waals surface area contributed by atoms with E-state index < -0.39 is 0 Å². The topological polar surface area (TPSA) is 44.5 Å². The van der Waals surface area contributed by atoms with Crippen molar-refractivity contribution >= 4 is 0 Å². The lowest BCUT2D eigenvalue weighted by molar-refractivity contribution is -0.351. The Labute approximate surface area is 116 Å². The summed E-state index contributed by atoms with van der Waals surface area (Å²) in [6.45, 7) is 2.41. The van der Waals surface area contributed by atoms with E-state index in [1.807, 2.05) is 0 Å². The van der Waals surface area contributed by atoms with E-state index in [2.05, 4.69) is 0 Å². The molecule has 0 radical (unpaired) electrons. The van der Waals surface area contributed by atoms with E-state index in [0.29, 0.717) is 12.0 Å². The molecule has 1 heterocycles. The molecule has 4 bridgehead atoms. The van der Waals surface area contributed by atoms with Gasteiger partial charge in [0.1, 0.15) is 0 Å². The van der Waals surface area contributed by atoms with Crippen LogP contribution in [0.15, 0.2) is 0 Å². The van der Waals surface area contributed by atoms with Crippen LogP contribution in [-0.4, -0.2) is 25.5 Å². The van der Waals surface area contributed by atoms with Gasteiger partial charge in [-0.05, 0) is 69.2 Å². The van der Waals surface area contributed by atoms with Crippen molar-refractivity contribution in [2.24, 2.45) is 28.9 Å². The lowest BCUT2D eigenvalue weighted by Crippen LogP contribution is -2.62. The van der Waals surface area contributed by atoms with E-state index in [9.17, 15) is 0 Å². The highest BCUT2D eigenvalue weighted by molar-refractivity contribution is 5.08. The first-order valence-corrected chi connectivity index (χ1v) is 8.23. The van der Waals surface area contributed by atoms with Crippen molar-refractivity contribution in [1.82, 2.24) is 0 Å². The summed E-state index contributed by atoms with van der Waals surface area (Å²) in [5, 5.41) is 0. The molecule has 3 heteroatoms. The second kappa shape index (κ2) is 4.44. The summed E-state index contributed by atoms with van der Waals surface area (Å²) in [7, 11) is 0. The second-order valence-electron chi connectivity index (χ2n) is 7.54. The summed E-state index contributed by atoms with van der Waals surface area (Å²) in [5.74, 6) is 2.48. The van der Waals surface area contributed by atoms with Crippen LogP contribution in [0.5, 0.6) is 0 Å². The number of nitrogens with two attached hydrogens (primary N) is 1. The first-order valence-electron chi connectivity index (χ1n) is 8.23. The maximum absolute atomic E-state index is 6.29. The Balaban J connectivity index is 1.67. The van der Waals surface area contributed by atoms with E-state index in [0.717, 1.165) is 43.8 Å². The minimum atomic E-state index is -0.337. The fourth-order valence-electron chi connectivity index (χ4n) is 6.06. The summed E-state index contributed by atoms with van der Waals surface area (Å²) in [6, 6.07) is 0. The Morgan fingerprint density at radius 2 is 1.42 bits per heavy atom. The van der Waals surface area contributed by atoms with Gasteiger partial charge in [0.15, 0.2) is 5.79 Å². The van der Waals surface area contributed by atoms with Gasteiger partial charge in [-0.2, -0.15) is 0 Å². The van der Waals surface area contributed by atoms with Crippen LogP contribution in [0, 0.1) is 23.2 Å². The van der Waals surface area contributed by atoms with Gasteiger partial charge in [0.05, 0.1) is 13.2 Å². The van der Waals surface area contributed by atoms with E-state index >= 15 is 0 Å². The first kappa shape index (κ1) is 12.6. The average molecular weight is 265 g/mol. The van der Waals surface area contributed by atoms with Crippen molar-refractivity contribution in [2.75, 3.05) is 19.8 Å². The second-order valence-corrected chi connectivity index (χ2v) is 7.54. The molecule has 0 unspecified atom stereocenters. The van der Waals surface area contributed by atoms with E-state index in [-0.39, 0.29) is 5.79 Å². The van der Waals surface area contributed by atoms with Crippen LogP contribution in [-0.2, 0) is 9.47 Å². The molecule has 4 saturated carbocycles. The zero-order valence-corrected chi connectivity index (χ0v) is 11.9. The Morgan fingerprint density at radius 1 is 0.895 bits per heavy atom. The molecule has 0 aromatic carbocycles. The maximum atomic E-state index is 6.29. The SMILES string of the molecule is NCCC1(C23CC4CC(CC(C4)C2)C3)OCCCO1. The Morgan fingerprint density at radius 3 is 1.89 bits per heavy atom. The molecule has 4 aliphatic carbocycles. The Bertz CT molecular complexity index is 308. The molecule has 5 fully saturated rings. The van der Waals surface area contributed by atoms with Crippen molar-refractivity contribution in [3.63, 3.8) is 0 Å². The van der Waals surface area contributed by atoms with E-state index in [4.69, 9.17) is 15.2 Å². The van der Waals surface area contributed by atoms with Crippen LogP contribution in [0.4, 0.5) is 0 Å². The number of hydrogen-bond acceptors (Lipinski definition) is 3. The minimum absolute atomic E-state index is 0.293. The summed E-state index contributed by atoms with van der Waals surface area (Å²) in [6.07, 6.45) is 10.3. The van der Waals surface area contributed by atoms with Gasteiger partial charge in [-0.15, -0.1) is 0 Å². The van der Waals surface area contributed by atoms with Crippen LogP contribution in [0.3, 0.4) is 0 Å². The molecule has 108 valence electrons. The smallest absolute Gasteiger partial charge is 0.175 e. The molecule has 3 nitrogen and oxygen atoms in total. The predicted molar refractivity (Wildman–Crippen MR) is 73.5 cm³/mol. The standard InChI is InChI=1S/C16H27NO2/c17-3-2-16(18-4-1-5-19-16)15-9-12-6-13(10-15)8-14(7-12)11-15/h12-14H,1-11,17H2. The van der Waals surface area contributed by atoms with Crippen LogP contribution >= 0.6 is 0 Å². The molecule has 0 aromatic heterocycles. The van der Waals surface area contributed by atoms with Gasteiger partial charge in [-0.1, -0.05) is 0 Å². The molecule has 0 spiro atoms. The summed E-state index contributed by atoms with van der Waals surface area (Å²) in [5.41, 5.74) is 6.20. The third kappa shape index (κ3) is 1.81. The molecule has 2 N–H and O–H groups in total. The van der Waals surface area contributed by atoms with Crippen molar-refractivity contribution in [2.45, 2.75) is 57.2 Å². The zero-order valence-electron chi connectivity index (χ0n) is 11.9. The fourth-order valence-corrected chi connectivity index (χ4v) is 6.06. The van der Waals surface area contributed by atoms with Gasteiger partial charge in [0.25, 0.3) is 0 Å². The van der Waals surface area contributed by atoms with Gasteiger partial charge in [0.2, 0.25) is 0 Å². The molecule has 5 aliphatic rings. The number of hydrogen-bond donors (Lipinski definition) is 1. The molecule has 0 aromatic rings. The Kier molecular flexibility index (Phi) is 2.95. The highest BCUT2D eigenvalue weighted by Gasteiger charge is 2.62. The Hall–Kier alpha value is -0.120. The molecular weight excluding hydrogens is 238 g/mol. The molecule has 1 saturated heterocycles. The summed E-state index contributed by atoms with van der Waals surface area (Å²) >= 11 is 0. The fraction of sp³-hybridized carbons (Fsp3) is 1.00. The minimum Gasteiger partial charge on any atom is -0.349 e. The van der Waals surface area contributed by atoms with Crippen molar-refractivity contribution in [3.8, 4) is 0 Å². The number of rotatable bonds is 3.